The molecule has 5 rings (SSSR count). The Morgan fingerprint density at radius 2 is 2.06 bits per heavy atom. The Hall–Kier alpha value is -2.69. The minimum absolute atomic E-state index is 0.0774. The maximum atomic E-state index is 13.8. The van der Waals surface area contributed by atoms with Gasteiger partial charge in [-0.25, -0.2) is 9.97 Å². The van der Waals surface area contributed by atoms with Crippen molar-refractivity contribution in [3.05, 3.63) is 56.6 Å². The molecular weight excluding hydrogens is 476 g/mol. The van der Waals surface area contributed by atoms with Crippen LogP contribution in [0, 0.1) is 0 Å². The quantitative estimate of drug-likeness (QED) is 0.288. The van der Waals surface area contributed by atoms with Crippen LogP contribution in [0.1, 0.15) is 30.2 Å². The Balaban J connectivity index is 1.55. The van der Waals surface area contributed by atoms with Crippen LogP contribution in [-0.2, 0) is 17.6 Å². The lowest BCUT2D eigenvalue weighted by Crippen LogP contribution is -2.23. The summed E-state index contributed by atoms with van der Waals surface area (Å²) in [6.45, 7) is 2.50. The van der Waals surface area contributed by atoms with Gasteiger partial charge >= 0.3 is 0 Å². The molecule has 33 heavy (non-hydrogen) atoms. The predicted molar refractivity (Wildman–Crippen MR) is 134 cm³/mol. The van der Waals surface area contributed by atoms with Gasteiger partial charge in [0.05, 0.1) is 23.4 Å². The fourth-order valence-corrected chi connectivity index (χ4v) is 6.60. The largest absolute Gasteiger partial charge is 0.494 e. The van der Waals surface area contributed by atoms with Crippen LogP contribution < -0.4 is 15.6 Å². The molecule has 1 aromatic carbocycles. The summed E-state index contributed by atoms with van der Waals surface area (Å²) in [5, 5.41) is 6.37. The SMILES string of the molecule is CCOc1ccc(-n2c(SCC(=O)Nc3nccs3)nc3sc4c(c3c2=O)CCCC4)cc1. The first kappa shape index (κ1) is 22.1. The van der Waals surface area contributed by atoms with Gasteiger partial charge in [-0.2, -0.15) is 0 Å². The summed E-state index contributed by atoms with van der Waals surface area (Å²) in [5.41, 5.74) is 1.78. The van der Waals surface area contributed by atoms with Crippen molar-refractivity contribution in [1.29, 1.82) is 0 Å². The van der Waals surface area contributed by atoms with E-state index in [2.05, 4.69) is 10.3 Å². The molecule has 1 N–H and O–H groups in total. The number of amides is 1. The zero-order chi connectivity index (χ0) is 22.8. The third kappa shape index (κ3) is 4.55. The number of fused-ring (bicyclic) bond motifs is 3. The third-order valence-corrected chi connectivity index (χ3v) is 8.19. The second-order valence-electron chi connectivity index (χ2n) is 7.53. The Morgan fingerprint density at radius 1 is 1.24 bits per heavy atom. The fraction of sp³-hybridized carbons (Fsp3) is 0.304. The van der Waals surface area contributed by atoms with Crippen LogP contribution in [0.5, 0.6) is 5.75 Å². The first-order valence-electron chi connectivity index (χ1n) is 10.8. The number of thioether (sulfide) groups is 1. The highest BCUT2D eigenvalue weighted by molar-refractivity contribution is 7.99. The summed E-state index contributed by atoms with van der Waals surface area (Å²) in [4.78, 5) is 37.2. The van der Waals surface area contributed by atoms with Crippen molar-refractivity contribution >= 4 is 55.7 Å². The van der Waals surface area contributed by atoms with E-state index in [4.69, 9.17) is 9.72 Å². The third-order valence-electron chi connectivity index (χ3n) is 5.38. The number of nitrogens with one attached hydrogen (secondary N) is 1. The highest BCUT2D eigenvalue weighted by Crippen LogP contribution is 2.35. The number of hydrogen-bond donors (Lipinski definition) is 1. The molecule has 3 heterocycles. The molecular formula is C23H22N4O3S3. The summed E-state index contributed by atoms with van der Waals surface area (Å²) in [6.07, 6.45) is 5.79. The lowest BCUT2D eigenvalue weighted by Gasteiger charge is -2.14. The molecule has 0 fully saturated rings. The molecule has 0 saturated carbocycles. The van der Waals surface area contributed by atoms with Gasteiger partial charge in [0, 0.05) is 16.5 Å². The molecule has 170 valence electrons. The minimum atomic E-state index is -0.187. The number of anilines is 1. The van der Waals surface area contributed by atoms with Crippen LogP contribution in [-0.4, -0.2) is 32.8 Å². The van der Waals surface area contributed by atoms with Gasteiger partial charge in [0.15, 0.2) is 10.3 Å². The first-order valence-corrected chi connectivity index (χ1v) is 13.4. The van der Waals surface area contributed by atoms with Crippen molar-refractivity contribution in [2.45, 2.75) is 37.8 Å². The summed E-state index contributed by atoms with van der Waals surface area (Å²) in [5.74, 6) is 0.681. The summed E-state index contributed by atoms with van der Waals surface area (Å²) in [6, 6.07) is 7.42. The number of hydrogen-bond acceptors (Lipinski definition) is 8. The number of aryl methyl sites for hydroxylation is 2. The van der Waals surface area contributed by atoms with E-state index in [0.717, 1.165) is 47.2 Å². The van der Waals surface area contributed by atoms with Gasteiger partial charge in [-0.15, -0.1) is 22.7 Å². The Morgan fingerprint density at radius 3 is 2.82 bits per heavy atom. The second-order valence-corrected chi connectivity index (χ2v) is 10.4. The highest BCUT2D eigenvalue weighted by Gasteiger charge is 2.23. The maximum absolute atomic E-state index is 13.8. The van der Waals surface area contributed by atoms with E-state index in [9.17, 15) is 9.59 Å². The van der Waals surface area contributed by atoms with E-state index in [0.29, 0.717) is 22.6 Å². The van der Waals surface area contributed by atoms with E-state index in [1.165, 1.54) is 28.0 Å². The fourth-order valence-electron chi connectivity index (χ4n) is 3.94. The van der Waals surface area contributed by atoms with E-state index in [-0.39, 0.29) is 17.2 Å². The Bertz CT molecular complexity index is 1340. The van der Waals surface area contributed by atoms with Crippen LogP contribution in [0.3, 0.4) is 0 Å². The van der Waals surface area contributed by atoms with Crippen LogP contribution in [0.15, 0.2) is 45.8 Å². The van der Waals surface area contributed by atoms with Crippen LogP contribution >= 0.6 is 34.4 Å². The second kappa shape index (κ2) is 9.66. The van der Waals surface area contributed by atoms with E-state index in [1.807, 2.05) is 31.2 Å². The molecule has 1 amide bonds. The molecule has 3 aromatic heterocycles. The van der Waals surface area contributed by atoms with Gasteiger partial charge in [0.25, 0.3) is 5.56 Å². The predicted octanol–water partition coefficient (Wildman–Crippen LogP) is 4.91. The molecule has 0 atom stereocenters. The van der Waals surface area contributed by atoms with Crippen LogP contribution in [0.2, 0.25) is 0 Å². The van der Waals surface area contributed by atoms with Crippen LogP contribution in [0.4, 0.5) is 5.13 Å². The molecule has 7 nitrogen and oxygen atoms in total. The molecule has 0 bridgehead atoms. The molecule has 0 spiro atoms. The molecule has 0 aliphatic heterocycles. The number of aromatic nitrogens is 3. The first-order chi connectivity index (χ1) is 16.1. The number of carbonyl (C=O) groups is 1. The standard InChI is InChI=1S/C23H22N4O3S3/c1-2-30-15-9-7-14(8-10-15)27-21(29)19-16-5-3-4-6-17(16)33-20(19)26-23(27)32-13-18(28)25-22-24-11-12-31-22/h7-12H,2-6,13H2,1H3,(H,24,25,28). The molecule has 1 aliphatic carbocycles. The van der Waals surface area contributed by atoms with E-state index in [1.54, 1.807) is 27.5 Å². The van der Waals surface area contributed by atoms with Gasteiger partial charge in [-0.3, -0.25) is 14.2 Å². The summed E-state index contributed by atoms with van der Waals surface area (Å²) >= 11 is 4.23. The summed E-state index contributed by atoms with van der Waals surface area (Å²) in [7, 11) is 0. The number of thiazole rings is 1. The zero-order valence-corrected chi connectivity index (χ0v) is 20.4. The number of benzene rings is 1. The lowest BCUT2D eigenvalue weighted by molar-refractivity contribution is -0.113. The summed E-state index contributed by atoms with van der Waals surface area (Å²) < 4.78 is 7.18. The van der Waals surface area contributed by atoms with Crippen molar-refractivity contribution in [3.63, 3.8) is 0 Å². The molecule has 0 radical (unpaired) electrons. The molecule has 1 aliphatic rings. The van der Waals surface area contributed by atoms with Gasteiger partial charge < -0.3 is 10.1 Å². The average Bonchev–Trinajstić information content (AvgIpc) is 3.46. The number of thiophene rings is 1. The number of ether oxygens (including phenoxy) is 1. The van der Waals surface area contributed by atoms with Crippen molar-refractivity contribution < 1.29 is 9.53 Å². The normalized spacial score (nSPS) is 13.1. The van der Waals surface area contributed by atoms with Gasteiger partial charge in [-0.1, -0.05) is 11.8 Å². The van der Waals surface area contributed by atoms with Gasteiger partial charge in [-0.05, 0) is 62.4 Å². The monoisotopic (exact) mass is 498 g/mol. The van der Waals surface area contributed by atoms with E-state index >= 15 is 0 Å². The van der Waals surface area contributed by atoms with Crippen molar-refractivity contribution in [3.8, 4) is 11.4 Å². The van der Waals surface area contributed by atoms with Gasteiger partial charge in [0.2, 0.25) is 5.91 Å². The zero-order valence-electron chi connectivity index (χ0n) is 18.0. The number of carbonyl (C=O) groups excluding carboxylic acids is 1. The van der Waals surface area contributed by atoms with Crippen molar-refractivity contribution in [1.82, 2.24) is 14.5 Å². The lowest BCUT2D eigenvalue weighted by atomic mass is 9.97. The topological polar surface area (TPSA) is 86.1 Å². The van der Waals surface area contributed by atoms with E-state index < -0.39 is 0 Å². The Labute approximate surface area is 202 Å². The maximum Gasteiger partial charge on any atom is 0.267 e. The average molecular weight is 499 g/mol. The van der Waals surface area contributed by atoms with Gasteiger partial charge in [0.1, 0.15) is 10.6 Å². The molecule has 10 heteroatoms. The molecule has 0 unspecified atom stereocenters. The molecule has 0 saturated heterocycles. The van der Waals surface area contributed by atoms with Crippen LogP contribution in [0.25, 0.3) is 15.9 Å². The molecule has 4 aromatic rings. The number of rotatable bonds is 7. The van der Waals surface area contributed by atoms with Crippen molar-refractivity contribution in [2.24, 2.45) is 0 Å². The Kier molecular flexibility index (Phi) is 6.48. The smallest absolute Gasteiger partial charge is 0.267 e. The van der Waals surface area contributed by atoms with Crippen molar-refractivity contribution in [2.75, 3.05) is 17.7 Å². The minimum Gasteiger partial charge on any atom is -0.494 e. The highest BCUT2D eigenvalue weighted by atomic mass is 32.2. The number of nitrogens with zero attached hydrogens (tertiary/aromatic N) is 3.